The fourth-order valence-corrected chi connectivity index (χ4v) is 6.00. The average Bonchev–Trinajstić information content (AvgIpc) is 2.54. The number of ether oxygens (including phenoxy) is 2. The van der Waals surface area contributed by atoms with Crippen LogP contribution in [0.1, 0.15) is 68.2 Å². The van der Waals surface area contributed by atoms with Gasteiger partial charge >= 0.3 is 0 Å². The van der Waals surface area contributed by atoms with Crippen LogP contribution in [0.4, 0.5) is 0 Å². The van der Waals surface area contributed by atoms with E-state index in [0.29, 0.717) is 35.0 Å². The van der Waals surface area contributed by atoms with Gasteiger partial charge in [0, 0.05) is 19.8 Å². The maximum atomic E-state index is 6.11. The summed E-state index contributed by atoms with van der Waals surface area (Å²) in [5.41, 5.74) is 0.402. The largest absolute Gasteiger partial charge is 0.381 e. The number of hydrogen-bond donors (Lipinski definition) is 0. The second kappa shape index (κ2) is 8.74. The zero-order valence-electron chi connectivity index (χ0n) is 18.2. The molecule has 25 heavy (non-hydrogen) atoms. The Morgan fingerprint density at radius 3 is 2.08 bits per heavy atom. The Hall–Kier alpha value is -0.0800. The molecule has 0 aromatic carbocycles. The van der Waals surface area contributed by atoms with Crippen LogP contribution >= 0.6 is 0 Å². The van der Waals surface area contributed by atoms with Gasteiger partial charge in [-0.3, -0.25) is 0 Å². The summed E-state index contributed by atoms with van der Waals surface area (Å²) in [4.78, 5) is 0. The van der Waals surface area contributed by atoms with E-state index in [9.17, 15) is 0 Å². The first-order valence-electron chi connectivity index (χ1n) is 10.8. The lowest BCUT2D eigenvalue weighted by molar-refractivity contribution is -0.104. The third kappa shape index (κ3) is 4.61. The Kier molecular flexibility index (Phi) is 7.42. The minimum atomic E-state index is 0.402. The molecule has 2 fully saturated rings. The van der Waals surface area contributed by atoms with E-state index in [4.69, 9.17) is 9.47 Å². The fraction of sp³-hybridized carbons (Fsp3) is 1.00. The van der Waals surface area contributed by atoms with E-state index in [1.165, 1.54) is 12.8 Å². The summed E-state index contributed by atoms with van der Waals surface area (Å²) in [5.74, 6) is 5.79. The molecule has 6 unspecified atom stereocenters. The summed E-state index contributed by atoms with van der Waals surface area (Å²) in [6, 6.07) is 0. The molecule has 2 aliphatic rings. The summed E-state index contributed by atoms with van der Waals surface area (Å²) in [5, 5.41) is 0. The maximum Gasteiger partial charge on any atom is 0.0502 e. The van der Waals surface area contributed by atoms with Crippen LogP contribution in [0.3, 0.4) is 0 Å². The highest BCUT2D eigenvalue weighted by Gasteiger charge is 2.45. The quantitative estimate of drug-likeness (QED) is 0.592. The summed E-state index contributed by atoms with van der Waals surface area (Å²) in [6.07, 6.45) is 2.52. The monoisotopic (exact) mass is 352 g/mol. The molecule has 0 aromatic heterocycles. The van der Waals surface area contributed by atoms with Gasteiger partial charge in [-0.1, -0.05) is 55.4 Å². The van der Waals surface area contributed by atoms with Crippen LogP contribution in [0.15, 0.2) is 0 Å². The highest BCUT2D eigenvalue weighted by Crippen LogP contribution is 2.49. The van der Waals surface area contributed by atoms with Crippen LogP contribution in [0, 0.1) is 52.8 Å². The average molecular weight is 353 g/mol. The molecule has 0 bridgehead atoms. The smallest absolute Gasteiger partial charge is 0.0502 e. The van der Waals surface area contributed by atoms with Crippen LogP contribution in [-0.2, 0) is 9.47 Å². The molecule has 0 aromatic rings. The van der Waals surface area contributed by atoms with Gasteiger partial charge in [-0.15, -0.1) is 0 Å². The maximum absolute atomic E-state index is 6.11. The van der Waals surface area contributed by atoms with Gasteiger partial charge in [0.25, 0.3) is 0 Å². The predicted octanol–water partition coefficient (Wildman–Crippen LogP) is 5.90. The van der Waals surface area contributed by atoms with E-state index in [-0.39, 0.29) is 0 Å². The molecule has 2 heteroatoms. The van der Waals surface area contributed by atoms with Gasteiger partial charge < -0.3 is 9.47 Å². The van der Waals surface area contributed by atoms with E-state index in [0.717, 1.165) is 44.2 Å². The highest BCUT2D eigenvalue weighted by atomic mass is 16.5. The van der Waals surface area contributed by atoms with Gasteiger partial charge in [-0.25, -0.2) is 0 Å². The molecule has 0 radical (unpaired) electrons. The topological polar surface area (TPSA) is 18.5 Å². The van der Waals surface area contributed by atoms with Crippen LogP contribution in [-0.4, -0.2) is 26.4 Å². The summed E-state index contributed by atoms with van der Waals surface area (Å²) in [6.45, 7) is 23.2. The molecule has 148 valence electrons. The molecule has 2 rings (SSSR count). The van der Waals surface area contributed by atoms with Gasteiger partial charge in [-0.2, -0.15) is 0 Å². The van der Waals surface area contributed by atoms with Crippen molar-refractivity contribution in [3.63, 3.8) is 0 Å². The van der Waals surface area contributed by atoms with Crippen LogP contribution in [0.2, 0.25) is 0 Å². The predicted molar refractivity (Wildman–Crippen MR) is 107 cm³/mol. The second-order valence-corrected chi connectivity index (χ2v) is 10.3. The molecular formula is C23H44O2. The minimum absolute atomic E-state index is 0.402. The first-order chi connectivity index (χ1) is 11.7. The first kappa shape index (κ1) is 21.2. The second-order valence-electron chi connectivity index (χ2n) is 10.3. The van der Waals surface area contributed by atoms with Gasteiger partial charge in [0.2, 0.25) is 0 Å². The lowest BCUT2D eigenvalue weighted by Gasteiger charge is -2.50. The molecular weight excluding hydrogens is 308 g/mol. The Bertz CT molecular complexity index is 403. The molecule has 0 aliphatic carbocycles. The molecule has 0 amide bonds. The van der Waals surface area contributed by atoms with Crippen LogP contribution < -0.4 is 0 Å². The summed E-state index contributed by atoms with van der Waals surface area (Å²) in [7, 11) is 0. The number of hydrogen-bond acceptors (Lipinski definition) is 2. The zero-order chi connectivity index (χ0) is 18.8. The lowest BCUT2D eigenvalue weighted by atomic mass is 9.58. The first-order valence-corrected chi connectivity index (χ1v) is 10.8. The summed E-state index contributed by atoms with van der Waals surface area (Å²) < 4.78 is 12.0. The molecule has 2 saturated heterocycles. The van der Waals surface area contributed by atoms with Crippen molar-refractivity contribution < 1.29 is 9.47 Å². The van der Waals surface area contributed by atoms with Crippen LogP contribution in [0.25, 0.3) is 0 Å². The summed E-state index contributed by atoms with van der Waals surface area (Å²) >= 11 is 0. The Morgan fingerprint density at radius 1 is 0.840 bits per heavy atom. The van der Waals surface area contributed by atoms with Crippen molar-refractivity contribution in [3.05, 3.63) is 0 Å². The third-order valence-corrected chi connectivity index (χ3v) is 7.82. The fourth-order valence-electron chi connectivity index (χ4n) is 6.00. The molecule has 0 N–H and O–H groups in total. The van der Waals surface area contributed by atoms with Crippen molar-refractivity contribution in [2.24, 2.45) is 52.8 Å². The molecule has 2 heterocycles. The van der Waals surface area contributed by atoms with Gasteiger partial charge in [0.05, 0.1) is 6.61 Å². The Labute approximate surface area is 157 Å². The molecule has 2 nitrogen and oxygen atoms in total. The van der Waals surface area contributed by atoms with E-state index in [1.54, 1.807) is 0 Å². The van der Waals surface area contributed by atoms with Crippen molar-refractivity contribution in [2.75, 3.05) is 26.4 Å². The Morgan fingerprint density at radius 2 is 1.52 bits per heavy atom. The van der Waals surface area contributed by atoms with Crippen molar-refractivity contribution in [2.45, 2.75) is 68.2 Å². The van der Waals surface area contributed by atoms with E-state index in [2.05, 4.69) is 55.4 Å². The van der Waals surface area contributed by atoms with Gasteiger partial charge in [-0.05, 0) is 65.6 Å². The molecule has 0 saturated carbocycles. The van der Waals surface area contributed by atoms with Crippen molar-refractivity contribution in [1.82, 2.24) is 0 Å². The Balaban J connectivity index is 2.15. The van der Waals surface area contributed by atoms with E-state index < -0.39 is 0 Å². The van der Waals surface area contributed by atoms with Crippen molar-refractivity contribution >= 4 is 0 Å². The zero-order valence-corrected chi connectivity index (χ0v) is 18.2. The van der Waals surface area contributed by atoms with Gasteiger partial charge in [0.15, 0.2) is 0 Å². The highest BCUT2D eigenvalue weighted by molar-refractivity contribution is 4.93. The van der Waals surface area contributed by atoms with E-state index >= 15 is 0 Å². The SMILES string of the molecule is CC(C)C1COCC(CC(C)C2(C)CCOCC2C(C)C)C1C(C)C. The number of rotatable bonds is 6. The molecule has 2 aliphatic heterocycles. The minimum Gasteiger partial charge on any atom is -0.381 e. The molecule has 6 atom stereocenters. The molecule has 0 spiro atoms. The lowest BCUT2D eigenvalue weighted by Crippen LogP contribution is -2.47. The normalized spacial score (nSPS) is 38.5. The standard InChI is InChI=1S/C23H44O2/c1-15(2)20-13-25-12-19(22(20)17(5)6)11-18(7)23(8)9-10-24-14-21(23)16(3)4/h15-22H,9-14H2,1-8H3. The van der Waals surface area contributed by atoms with Gasteiger partial charge in [0.1, 0.15) is 0 Å². The van der Waals surface area contributed by atoms with E-state index in [1.807, 2.05) is 0 Å². The third-order valence-electron chi connectivity index (χ3n) is 7.82. The van der Waals surface area contributed by atoms with Crippen molar-refractivity contribution in [3.8, 4) is 0 Å². The van der Waals surface area contributed by atoms with Crippen molar-refractivity contribution in [1.29, 1.82) is 0 Å². The van der Waals surface area contributed by atoms with Crippen LogP contribution in [0.5, 0.6) is 0 Å².